The van der Waals surface area contributed by atoms with Gasteiger partial charge in [-0.1, -0.05) is 11.6 Å². The molecule has 4 nitrogen and oxygen atoms in total. The number of alkyl halides is 2. The molecule has 21 heavy (non-hydrogen) atoms. The van der Waals surface area contributed by atoms with Crippen LogP contribution in [0.4, 0.5) is 14.6 Å². The Morgan fingerprint density at radius 1 is 1.43 bits per heavy atom. The van der Waals surface area contributed by atoms with E-state index >= 15 is 0 Å². The molecule has 2 rings (SSSR count). The zero-order valence-corrected chi connectivity index (χ0v) is 12.5. The maximum atomic E-state index is 13.0. The first-order valence-corrected chi connectivity index (χ1v) is 6.63. The Balaban J connectivity index is 2.46. The summed E-state index contributed by atoms with van der Waals surface area (Å²) in [6.07, 6.45) is 2.29. The molecule has 1 aromatic carbocycles. The van der Waals surface area contributed by atoms with Crippen molar-refractivity contribution >= 4 is 46.8 Å². The fraction of sp³-hybridized carbons (Fsp3) is 0.154. The molecule has 0 radical (unpaired) electrons. The minimum absolute atomic E-state index is 0.128. The lowest BCUT2D eigenvalue weighted by molar-refractivity contribution is 0.0734. The second-order valence-electron chi connectivity index (χ2n) is 4.31. The van der Waals surface area contributed by atoms with Crippen LogP contribution < -0.4 is 5.73 Å². The summed E-state index contributed by atoms with van der Waals surface area (Å²) in [7, 11) is 0. The minimum atomic E-state index is -3.08. The van der Waals surface area contributed by atoms with Gasteiger partial charge in [-0.3, -0.25) is 0 Å². The van der Waals surface area contributed by atoms with Crippen molar-refractivity contribution in [3.05, 3.63) is 40.5 Å². The molecular weight excluding hydrogens is 318 g/mol. The van der Waals surface area contributed by atoms with Crippen molar-refractivity contribution in [1.82, 2.24) is 9.97 Å². The molecule has 1 heterocycles. The number of rotatable bonds is 3. The van der Waals surface area contributed by atoms with Gasteiger partial charge in [-0.25, -0.2) is 23.7 Å². The van der Waals surface area contributed by atoms with Gasteiger partial charge in [0.1, 0.15) is 12.2 Å². The van der Waals surface area contributed by atoms with Crippen LogP contribution in [0, 0.1) is 0 Å². The summed E-state index contributed by atoms with van der Waals surface area (Å²) in [5.74, 6) is -2.94. The molecule has 0 aliphatic carbocycles. The summed E-state index contributed by atoms with van der Waals surface area (Å²) < 4.78 is 26.0. The molecule has 2 aromatic rings. The summed E-state index contributed by atoms with van der Waals surface area (Å²) >= 11 is 9.58. The predicted molar refractivity (Wildman–Crippen MR) is 83.5 cm³/mol. The van der Waals surface area contributed by atoms with Crippen molar-refractivity contribution in [2.45, 2.75) is 12.8 Å². The molecule has 0 saturated carbocycles. The summed E-state index contributed by atoms with van der Waals surface area (Å²) in [5, 5.41) is 1.13. The molecule has 0 spiro atoms. The quantitative estimate of drug-likeness (QED) is 0.512. The van der Waals surface area contributed by atoms with Gasteiger partial charge in [-0.05, 0) is 24.3 Å². The van der Waals surface area contributed by atoms with Crippen molar-refractivity contribution in [2.75, 3.05) is 0 Å². The normalized spacial score (nSPS) is 13.8. The Labute approximate surface area is 130 Å². The number of thiol groups is 1. The number of amidine groups is 1. The van der Waals surface area contributed by atoms with Gasteiger partial charge in [0.15, 0.2) is 5.82 Å². The number of nitrogens with two attached hydrogens (primary N) is 1. The van der Waals surface area contributed by atoms with Crippen LogP contribution in [0.15, 0.2) is 40.5 Å². The molecule has 0 unspecified atom stereocenters. The van der Waals surface area contributed by atoms with E-state index in [2.05, 4.69) is 27.6 Å². The van der Waals surface area contributed by atoms with Crippen molar-refractivity contribution in [3.8, 4) is 0 Å². The largest absolute Gasteiger partial charge is 0.384 e. The van der Waals surface area contributed by atoms with Crippen LogP contribution in [0.5, 0.6) is 0 Å². The summed E-state index contributed by atoms with van der Waals surface area (Å²) in [6, 6.07) is 4.99. The molecule has 8 heteroatoms. The maximum absolute atomic E-state index is 13.0. The third-order valence-corrected chi connectivity index (χ3v) is 3.30. The molecule has 110 valence electrons. The molecular formula is C13H11ClF2N4S. The number of benzene rings is 1. The Morgan fingerprint density at radius 2 is 2.14 bits per heavy atom. The molecule has 0 fully saturated rings. The van der Waals surface area contributed by atoms with Crippen molar-refractivity contribution in [3.63, 3.8) is 0 Å². The van der Waals surface area contributed by atoms with Gasteiger partial charge < -0.3 is 5.73 Å². The van der Waals surface area contributed by atoms with Gasteiger partial charge in [0.25, 0.3) is 5.92 Å². The highest BCUT2D eigenvalue weighted by Crippen LogP contribution is 2.27. The van der Waals surface area contributed by atoms with E-state index in [4.69, 9.17) is 17.3 Å². The first-order chi connectivity index (χ1) is 9.77. The Morgan fingerprint density at radius 3 is 2.81 bits per heavy atom. The van der Waals surface area contributed by atoms with E-state index in [1.807, 2.05) is 0 Å². The average Bonchev–Trinajstić information content (AvgIpc) is 2.37. The Hall–Kier alpha value is -1.73. The number of hydrogen-bond acceptors (Lipinski definition) is 4. The van der Waals surface area contributed by atoms with E-state index in [9.17, 15) is 8.78 Å². The molecule has 2 N–H and O–H groups in total. The fourth-order valence-electron chi connectivity index (χ4n) is 1.53. The van der Waals surface area contributed by atoms with Crippen LogP contribution in [-0.4, -0.2) is 21.7 Å². The van der Waals surface area contributed by atoms with Gasteiger partial charge >= 0.3 is 0 Å². The number of allylic oxidation sites excluding steroid dienone is 1. The van der Waals surface area contributed by atoms with Crippen LogP contribution >= 0.6 is 24.2 Å². The van der Waals surface area contributed by atoms with Gasteiger partial charge in [0, 0.05) is 17.3 Å². The second kappa shape index (κ2) is 5.95. The standard InChI is InChI=1S/C13H11ClF2N4S/c1-13(15,16)10(21)5-11(17)20-12-8-3-2-7(14)4-9(8)18-6-19-12/h2-6,21H,1H3,(H2,17,18,19,20)/b10-5-. The zero-order chi connectivity index (χ0) is 15.6. The Bertz CT molecular complexity index is 741. The highest BCUT2D eigenvalue weighted by atomic mass is 35.5. The van der Waals surface area contributed by atoms with E-state index in [1.54, 1.807) is 18.2 Å². The Kier molecular flexibility index (Phi) is 4.43. The molecule has 0 bridgehead atoms. The highest BCUT2D eigenvalue weighted by molar-refractivity contribution is 7.84. The third-order valence-electron chi connectivity index (χ3n) is 2.55. The average molecular weight is 329 g/mol. The SMILES string of the molecule is CC(F)(F)/C(S)=C/C(N)=Nc1ncnc2cc(Cl)ccc12. The van der Waals surface area contributed by atoms with Crippen molar-refractivity contribution in [2.24, 2.45) is 10.7 Å². The van der Waals surface area contributed by atoms with Crippen molar-refractivity contribution < 1.29 is 8.78 Å². The third kappa shape index (κ3) is 3.89. The predicted octanol–water partition coefficient (Wildman–Crippen LogP) is 3.74. The topological polar surface area (TPSA) is 64.2 Å². The molecule has 0 saturated heterocycles. The van der Waals surface area contributed by atoms with Crippen LogP contribution in [0.25, 0.3) is 10.9 Å². The monoisotopic (exact) mass is 328 g/mol. The van der Waals surface area contributed by atoms with E-state index in [-0.39, 0.29) is 11.7 Å². The van der Waals surface area contributed by atoms with E-state index in [1.165, 1.54) is 6.33 Å². The fourth-order valence-corrected chi connectivity index (χ4v) is 1.83. The maximum Gasteiger partial charge on any atom is 0.276 e. The number of nitrogens with zero attached hydrogens (tertiary/aromatic N) is 3. The number of aliphatic imine (C=N–C) groups is 1. The minimum Gasteiger partial charge on any atom is -0.384 e. The lowest BCUT2D eigenvalue weighted by Crippen LogP contribution is -2.15. The number of aromatic nitrogens is 2. The van der Waals surface area contributed by atoms with Gasteiger partial charge in [-0.2, -0.15) is 0 Å². The summed E-state index contributed by atoms with van der Waals surface area (Å²) in [4.78, 5) is 11.6. The number of fused-ring (bicyclic) bond motifs is 1. The van der Waals surface area contributed by atoms with E-state index in [0.717, 1.165) is 13.0 Å². The molecule has 0 aliphatic rings. The highest BCUT2D eigenvalue weighted by Gasteiger charge is 2.24. The molecule has 0 aliphatic heterocycles. The first kappa shape index (κ1) is 15.7. The first-order valence-electron chi connectivity index (χ1n) is 5.81. The van der Waals surface area contributed by atoms with Crippen molar-refractivity contribution in [1.29, 1.82) is 0 Å². The number of hydrogen-bond donors (Lipinski definition) is 2. The second-order valence-corrected chi connectivity index (χ2v) is 5.23. The van der Waals surface area contributed by atoms with Crippen LogP contribution in [0.3, 0.4) is 0 Å². The van der Waals surface area contributed by atoms with Gasteiger partial charge in [0.2, 0.25) is 0 Å². The molecule has 1 aromatic heterocycles. The van der Waals surface area contributed by atoms with E-state index in [0.29, 0.717) is 15.9 Å². The van der Waals surface area contributed by atoms with Crippen LogP contribution in [0.1, 0.15) is 6.92 Å². The lowest BCUT2D eigenvalue weighted by Gasteiger charge is -2.09. The number of halogens is 3. The van der Waals surface area contributed by atoms with Crippen LogP contribution in [0.2, 0.25) is 5.02 Å². The zero-order valence-electron chi connectivity index (χ0n) is 10.9. The molecule has 0 amide bonds. The summed E-state index contributed by atoms with van der Waals surface area (Å²) in [6.45, 7) is 0.723. The van der Waals surface area contributed by atoms with Crippen LogP contribution in [-0.2, 0) is 0 Å². The van der Waals surface area contributed by atoms with Gasteiger partial charge in [0.05, 0.1) is 10.4 Å². The van der Waals surface area contributed by atoms with E-state index < -0.39 is 10.8 Å². The van der Waals surface area contributed by atoms with Gasteiger partial charge in [-0.15, -0.1) is 12.6 Å². The smallest absolute Gasteiger partial charge is 0.276 e. The summed E-state index contributed by atoms with van der Waals surface area (Å²) in [5.41, 5.74) is 6.21. The molecule has 0 atom stereocenters. The lowest BCUT2D eigenvalue weighted by atomic mass is 10.2.